The normalized spacial score (nSPS) is 13.3. The number of H-pyrrole nitrogens is 1. The predicted octanol–water partition coefficient (Wildman–Crippen LogP) is 5.74. The Morgan fingerprint density at radius 1 is 1.02 bits per heavy atom. The van der Waals surface area contributed by atoms with Gasteiger partial charge in [0, 0.05) is 66.8 Å². The summed E-state index contributed by atoms with van der Waals surface area (Å²) in [5, 5.41) is 6.92. The highest BCUT2D eigenvalue weighted by Crippen LogP contribution is 2.37. The van der Waals surface area contributed by atoms with Gasteiger partial charge in [0.25, 0.3) is 0 Å². The Kier molecular flexibility index (Phi) is 7.23. The molecule has 1 saturated heterocycles. The zero-order chi connectivity index (χ0) is 27.3. The number of benzene rings is 2. The number of ether oxygens (including phenoxy) is 2. The van der Waals surface area contributed by atoms with Crippen molar-refractivity contribution in [3.8, 4) is 22.8 Å². The molecule has 40 heavy (non-hydrogen) atoms. The number of anilines is 4. The number of hydrogen-bond donors (Lipinski definition) is 3. The first-order valence-electron chi connectivity index (χ1n) is 13.2. The van der Waals surface area contributed by atoms with Crippen LogP contribution in [0.5, 0.6) is 11.6 Å². The SMILES string of the molecule is CCC(=O)Nc1cccc(Oc2nc(Nc3ccc(N4CCOCC4)cc3)nc3[nH]cc(-c4ccncc4)c23)c1. The second-order valence-electron chi connectivity index (χ2n) is 9.32. The van der Waals surface area contributed by atoms with Gasteiger partial charge in [0.05, 0.1) is 18.6 Å². The molecule has 2 aromatic carbocycles. The van der Waals surface area contributed by atoms with E-state index in [1.54, 1.807) is 18.5 Å². The van der Waals surface area contributed by atoms with Gasteiger partial charge in [-0.15, -0.1) is 0 Å². The fraction of sp³-hybridized carbons (Fsp3) is 0.200. The van der Waals surface area contributed by atoms with Crippen molar-refractivity contribution in [2.24, 2.45) is 0 Å². The summed E-state index contributed by atoms with van der Waals surface area (Å²) in [6.45, 7) is 5.04. The minimum atomic E-state index is -0.0710. The number of amides is 1. The lowest BCUT2D eigenvalue weighted by Crippen LogP contribution is -2.36. The largest absolute Gasteiger partial charge is 0.438 e. The fourth-order valence-electron chi connectivity index (χ4n) is 4.59. The van der Waals surface area contributed by atoms with Gasteiger partial charge in [0.15, 0.2) is 0 Å². The number of morpholine rings is 1. The lowest BCUT2D eigenvalue weighted by Gasteiger charge is -2.28. The standard InChI is InChI=1S/C30H29N7O3/c1-2-26(38)33-22-4-3-5-24(18-22)40-29-27-25(20-10-12-31-13-11-20)19-32-28(27)35-30(36-29)34-21-6-8-23(9-7-21)37-14-16-39-17-15-37/h3-13,18-19H,2,14-17H2,1H3,(H,33,38)(H2,32,34,35,36). The number of pyridine rings is 1. The van der Waals surface area contributed by atoms with E-state index >= 15 is 0 Å². The summed E-state index contributed by atoms with van der Waals surface area (Å²) in [5.74, 6) is 1.24. The molecule has 0 bridgehead atoms. The molecule has 4 heterocycles. The Bertz CT molecular complexity index is 1610. The third kappa shape index (κ3) is 5.57. The van der Waals surface area contributed by atoms with Gasteiger partial charge < -0.3 is 30.0 Å². The van der Waals surface area contributed by atoms with E-state index in [1.807, 2.05) is 55.6 Å². The molecule has 6 rings (SSSR count). The summed E-state index contributed by atoms with van der Waals surface area (Å²) < 4.78 is 11.8. The van der Waals surface area contributed by atoms with Gasteiger partial charge in [0.1, 0.15) is 11.4 Å². The minimum Gasteiger partial charge on any atom is -0.438 e. The average Bonchev–Trinajstić information content (AvgIpc) is 3.43. The van der Waals surface area contributed by atoms with Crippen LogP contribution in [0.3, 0.4) is 0 Å². The highest BCUT2D eigenvalue weighted by molar-refractivity contribution is 5.98. The molecule has 0 atom stereocenters. The zero-order valence-corrected chi connectivity index (χ0v) is 22.1. The third-order valence-electron chi connectivity index (χ3n) is 6.64. The van der Waals surface area contributed by atoms with Crippen LogP contribution in [0.4, 0.5) is 23.0 Å². The molecule has 1 aliphatic heterocycles. The van der Waals surface area contributed by atoms with E-state index in [4.69, 9.17) is 19.4 Å². The Balaban J connectivity index is 1.34. The Labute approximate surface area is 231 Å². The van der Waals surface area contributed by atoms with Gasteiger partial charge in [-0.05, 0) is 54.1 Å². The maximum Gasteiger partial charge on any atom is 0.234 e. The van der Waals surface area contributed by atoms with Gasteiger partial charge in [-0.25, -0.2) is 0 Å². The van der Waals surface area contributed by atoms with E-state index in [9.17, 15) is 4.79 Å². The van der Waals surface area contributed by atoms with Crippen LogP contribution >= 0.6 is 0 Å². The summed E-state index contributed by atoms with van der Waals surface area (Å²) in [6, 6.07) is 19.3. The van der Waals surface area contributed by atoms with Gasteiger partial charge in [-0.2, -0.15) is 9.97 Å². The van der Waals surface area contributed by atoms with E-state index in [2.05, 4.69) is 37.6 Å². The number of nitrogens with zero attached hydrogens (tertiary/aromatic N) is 4. The number of rotatable bonds is 8. The monoisotopic (exact) mass is 535 g/mol. The molecule has 3 N–H and O–H groups in total. The summed E-state index contributed by atoms with van der Waals surface area (Å²) in [4.78, 5) is 31.1. The van der Waals surface area contributed by atoms with Gasteiger partial charge in [-0.1, -0.05) is 13.0 Å². The first-order chi connectivity index (χ1) is 19.7. The van der Waals surface area contributed by atoms with Gasteiger partial charge >= 0.3 is 0 Å². The highest BCUT2D eigenvalue weighted by atomic mass is 16.5. The first kappa shape index (κ1) is 25.3. The van der Waals surface area contributed by atoms with E-state index in [1.165, 1.54) is 0 Å². The molecule has 0 radical (unpaired) electrons. The molecule has 202 valence electrons. The molecular formula is C30H29N7O3. The van der Waals surface area contributed by atoms with Crippen molar-refractivity contribution in [3.63, 3.8) is 0 Å². The molecule has 1 fully saturated rings. The summed E-state index contributed by atoms with van der Waals surface area (Å²) >= 11 is 0. The van der Waals surface area contributed by atoms with E-state index < -0.39 is 0 Å². The van der Waals surface area contributed by atoms with Crippen LogP contribution in [-0.2, 0) is 9.53 Å². The minimum absolute atomic E-state index is 0.0710. The smallest absolute Gasteiger partial charge is 0.234 e. The number of aromatic amines is 1. The molecule has 0 aliphatic carbocycles. The lowest BCUT2D eigenvalue weighted by molar-refractivity contribution is -0.115. The molecule has 5 aromatic rings. The molecule has 0 spiro atoms. The van der Waals surface area contributed by atoms with Crippen LogP contribution in [-0.4, -0.2) is 52.1 Å². The van der Waals surface area contributed by atoms with Crippen molar-refractivity contribution in [1.29, 1.82) is 0 Å². The summed E-state index contributed by atoms with van der Waals surface area (Å²) in [7, 11) is 0. The van der Waals surface area contributed by atoms with Crippen molar-refractivity contribution in [3.05, 3.63) is 79.3 Å². The number of fused-ring (bicyclic) bond motifs is 1. The lowest BCUT2D eigenvalue weighted by atomic mass is 10.1. The highest BCUT2D eigenvalue weighted by Gasteiger charge is 2.18. The molecule has 0 unspecified atom stereocenters. The quantitative estimate of drug-likeness (QED) is 0.230. The van der Waals surface area contributed by atoms with Crippen LogP contribution in [0.15, 0.2) is 79.3 Å². The zero-order valence-electron chi connectivity index (χ0n) is 22.1. The Morgan fingerprint density at radius 2 is 1.82 bits per heavy atom. The van der Waals surface area contributed by atoms with Crippen LogP contribution in [0, 0.1) is 0 Å². The van der Waals surface area contributed by atoms with Crippen molar-refractivity contribution < 1.29 is 14.3 Å². The van der Waals surface area contributed by atoms with Crippen molar-refractivity contribution in [2.45, 2.75) is 13.3 Å². The number of carbonyl (C=O) groups is 1. The molecule has 0 saturated carbocycles. The molecule has 3 aromatic heterocycles. The summed E-state index contributed by atoms with van der Waals surface area (Å²) in [5.41, 5.74) is 5.13. The van der Waals surface area contributed by atoms with Crippen molar-refractivity contribution >= 4 is 40.0 Å². The topological polar surface area (TPSA) is 117 Å². The number of carbonyl (C=O) groups excluding carboxylic acids is 1. The van der Waals surface area contributed by atoms with E-state index in [0.29, 0.717) is 35.3 Å². The second-order valence-corrected chi connectivity index (χ2v) is 9.32. The molecule has 1 amide bonds. The summed E-state index contributed by atoms with van der Waals surface area (Å²) in [6.07, 6.45) is 5.76. The van der Waals surface area contributed by atoms with Crippen LogP contribution in [0.1, 0.15) is 13.3 Å². The molecular weight excluding hydrogens is 506 g/mol. The number of nitrogens with one attached hydrogen (secondary N) is 3. The molecule has 1 aliphatic rings. The maximum atomic E-state index is 11.9. The Hall–Kier alpha value is -4.96. The van der Waals surface area contributed by atoms with E-state index in [-0.39, 0.29) is 5.91 Å². The van der Waals surface area contributed by atoms with Crippen LogP contribution in [0.2, 0.25) is 0 Å². The maximum absolute atomic E-state index is 11.9. The van der Waals surface area contributed by atoms with Gasteiger partial charge in [-0.3, -0.25) is 9.78 Å². The molecule has 10 nitrogen and oxygen atoms in total. The predicted molar refractivity (Wildman–Crippen MR) is 155 cm³/mol. The van der Waals surface area contributed by atoms with Crippen molar-refractivity contribution in [1.82, 2.24) is 19.9 Å². The van der Waals surface area contributed by atoms with Crippen LogP contribution in [0.25, 0.3) is 22.2 Å². The van der Waals surface area contributed by atoms with E-state index in [0.717, 1.165) is 54.2 Å². The number of hydrogen-bond acceptors (Lipinski definition) is 8. The third-order valence-corrected chi connectivity index (χ3v) is 6.64. The average molecular weight is 536 g/mol. The van der Waals surface area contributed by atoms with Crippen LogP contribution < -0.4 is 20.3 Å². The number of aromatic nitrogens is 4. The van der Waals surface area contributed by atoms with Crippen molar-refractivity contribution in [2.75, 3.05) is 41.8 Å². The fourth-order valence-corrected chi connectivity index (χ4v) is 4.59. The molecule has 10 heteroatoms. The van der Waals surface area contributed by atoms with Gasteiger partial charge in [0.2, 0.25) is 17.7 Å². The second kappa shape index (κ2) is 11.4. The first-order valence-corrected chi connectivity index (χ1v) is 13.2. The Morgan fingerprint density at radius 3 is 2.60 bits per heavy atom.